The SMILES string of the molecule is Cn1ccc(=O)n(CCCCCC(=O)NN)c1=O. The lowest BCUT2D eigenvalue weighted by atomic mass is 10.2. The average Bonchev–Trinajstić information content (AvgIpc) is 2.37. The van der Waals surface area contributed by atoms with Gasteiger partial charge in [-0.05, 0) is 12.8 Å². The van der Waals surface area contributed by atoms with E-state index in [-0.39, 0.29) is 17.2 Å². The molecule has 3 N–H and O–H groups in total. The van der Waals surface area contributed by atoms with Crippen molar-refractivity contribution in [2.75, 3.05) is 0 Å². The number of unbranched alkanes of at least 4 members (excludes halogenated alkanes) is 2. The summed E-state index contributed by atoms with van der Waals surface area (Å²) in [5.41, 5.74) is 1.44. The molecular formula is C11H18N4O3. The Balaban J connectivity index is 2.45. The molecule has 1 heterocycles. The van der Waals surface area contributed by atoms with E-state index in [0.717, 1.165) is 6.42 Å². The Labute approximate surface area is 104 Å². The molecule has 1 aromatic heterocycles. The Morgan fingerprint density at radius 1 is 1.33 bits per heavy atom. The van der Waals surface area contributed by atoms with Crippen molar-refractivity contribution < 1.29 is 4.79 Å². The molecule has 0 atom stereocenters. The number of nitrogens with one attached hydrogen (secondary N) is 1. The van der Waals surface area contributed by atoms with Gasteiger partial charge in [-0.15, -0.1) is 0 Å². The molecule has 0 saturated heterocycles. The van der Waals surface area contributed by atoms with Crippen LogP contribution in [-0.4, -0.2) is 15.0 Å². The highest BCUT2D eigenvalue weighted by atomic mass is 16.2. The second-order valence-corrected chi connectivity index (χ2v) is 4.08. The molecule has 0 bridgehead atoms. The van der Waals surface area contributed by atoms with E-state index < -0.39 is 0 Å². The molecular weight excluding hydrogens is 236 g/mol. The quantitative estimate of drug-likeness (QED) is 0.297. The minimum atomic E-state index is -0.317. The maximum atomic E-state index is 11.7. The molecule has 7 nitrogen and oxygen atoms in total. The first-order valence-corrected chi connectivity index (χ1v) is 5.82. The van der Waals surface area contributed by atoms with Crippen molar-refractivity contribution in [3.05, 3.63) is 33.1 Å². The van der Waals surface area contributed by atoms with Crippen LogP contribution in [0.3, 0.4) is 0 Å². The Kier molecular flexibility index (Phi) is 5.31. The highest BCUT2D eigenvalue weighted by Gasteiger charge is 2.03. The van der Waals surface area contributed by atoms with Crippen LogP contribution in [0.2, 0.25) is 0 Å². The van der Waals surface area contributed by atoms with Crippen molar-refractivity contribution >= 4 is 5.91 Å². The lowest BCUT2D eigenvalue weighted by Gasteiger charge is -2.06. The van der Waals surface area contributed by atoms with Crippen molar-refractivity contribution in [2.45, 2.75) is 32.2 Å². The summed E-state index contributed by atoms with van der Waals surface area (Å²) in [5, 5.41) is 0. The van der Waals surface area contributed by atoms with Gasteiger partial charge in [-0.3, -0.25) is 19.6 Å². The molecule has 0 aliphatic carbocycles. The van der Waals surface area contributed by atoms with Gasteiger partial charge >= 0.3 is 5.69 Å². The third kappa shape index (κ3) is 3.85. The molecule has 0 aromatic carbocycles. The van der Waals surface area contributed by atoms with Gasteiger partial charge in [0.15, 0.2) is 0 Å². The molecule has 1 aromatic rings. The summed E-state index contributed by atoms with van der Waals surface area (Å²) in [6.07, 6.45) is 3.94. The normalized spacial score (nSPS) is 10.3. The molecule has 7 heteroatoms. The summed E-state index contributed by atoms with van der Waals surface area (Å²) in [6, 6.07) is 1.36. The van der Waals surface area contributed by atoms with E-state index >= 15 is 0 Å². The van der Waals surface area contributed by atoms with E-state index in [1.165, 1.54) is 21.4 Å². The predicted molar refractivity (Wildman–Crippen MR) is 66.7 cm³/mol. The van der Waals surface area contributed by atoms with Crippen molar-refractivity contribution in [2.24, 2.45) is 12.9 Å². The Morgan fingerprint density at radius 3 is 2.72 bits per heavy atom. The summed E-state index contributed by atoms with van der Waals surface area (Å²) in [7, 11) is 1.60. The second-order valence-electron chi connectivity index (χ2n) is 4.08. The highest BCUT2D eigenvalue weighted by molar-refractivity contribution is 5.74. The lowest BCUT2D eigenvalue weighted by molar-refractivity contribution is -0.121. The number of rotatable bonds is 6. The van der Waals surface area contributed by atoms with Gasteiger partial charge in [0.2, 0.25) is 5.91 Å². The Bertz CT molecular complexity index is 518. The molecule has 0 spiro atoms. The maximum Gasteiger partial charge on any atom is 0.330 e. The van der Waals surface area contributed by atoms with E-state index in [4.69, 9.17) is 5.84 Å². The number of hydrogen-bond acceptors (Lipinski definition) is 4. The van der Waals surface area contributed by atoms with E-state index in [2.05, 4.69) is 5.43 Å². The average molecular weight is 254 g/mol. The fourth-order valence-corrected chi connectivity index (χ4v) is 1.62. The van der Waals surface area contributed by atoms with Crippen LogP contribution >= 0.6 is 0 Å². The molecule has 0 unspecified atom stereocenters. The standard InChI is InChI=1S/C11H18N4O3/c1-14-8-6-10(17)15(11(14)18)7-4-2-3-5-9(16)13-12/h6,8H,2-5,7,12H2,1H3,(H,13,16). The fourth-order valence-electron chi connectivity index (χ4n) is 1.62. The summed E-state index contributed by atoms with van der Waals surface area (Å²) in [6.45, 7) is 0.372. The first-order chi connectivity index (χ1) is 8.56. The van der Waals surface area contributed by atoms with Gasteiger partial charge in [0.1, 0.15) is 0 Å². The van der Waals surface area contributed by atoms with Crippen LogP contribution in [0.25, 0.3) is 0 Å². The molecule has 0 fully saturated rings. The lowest BCUT2D eigenvalue weighted by Crippen LogP contribution is -2.37. The van der Waals surface area contributed by atoms with Gasteiger partial charge in [-0.2, -0.15) is 0 Å². The first kappa shape index (κ1) is 14.2. The van der Waals surface area contributed by atoms with Crippen LogP contribution in [0.5, 0.6) is 0 Å². The smallest absolute Gasteiger partial charge is 0.303 e. The molecule has 18 heavy (non-hydrogen) atoms. The van der Waals surface area contributed by atoms with Crippen molar-refractivity contribution in [3.8, 4) is 0 Å². The molecule has 0 saturated carbocycles. The summed E-state index contributed by atoms with van der Waals surface area (Å²) < 4.78 is 2.56. The summed E-state index contributed by atoms with van der Waals surface area (Å²) in [5.74, 6) is 4.74. The minimum Gasteiger partial charge on any atom is -0.303 e. The van der Waals surface area contributed by atoms with Crippen LogP contribution in [0, 0.1) is 0 Å². The summed E-state index contributed by atoms with van der Waals surface area (Å²) in [4.78, 5) is 34.0. The zero-order chi connectivity index (χ0) is 13.5. The van der Waals surface area contributed by atoms with E-state index in [0.29, 0.717) is 25.8 Å². The number of nitrogens with zero attached hydrogens (tertiary/aromatic N) is 2. The van der Waals surface area contributed by atoms with Gasteiger partial charge < -0.3 is 4.57 Å². The Morgan fingerprint density at radius 2 is 2.06 bits per heavy atom. The highest BCUT2D eigenvalue weighted by Crippen LogP contribution is 2.00. The number of hydrazine groups is 1. The van der Waals surface area contributed by atoms with Gasteiger partial charge in [0.05, 0.1) is 0 Å². The zero-order valence-corrected chi connectivity index (χ0v) is 10.4. The molecule has 0 aliphatic rings. The Hall–Kier alpha value is -1.89. The maximum absolute atomic E-state index is 11.7. The van der Waals surface area contributed by atoms with Crippen LogP contribution in [0.15, 0.2) is 21.9 Å². The largest absolute Gasteiger partial charge is 0.330 e. The topological polar surface area (TPSA) is 99.1 Å². The third-order valence-electron chi connectivity index (χ3n) is 2.69. The summed E-state index contributed by atoms with van der Waals surface area (Å²) >= 11 is 0. The molecule has 1 amide bonds. The van der Waals surface area contributed by atoms with Crippen molar-refractivity contribution in [1.82, 2.24) is 14.6 Å². The molecule has 0 aliphatic heterocycles. The minimum absolute atomic E-state index is 0.206. The van der Waals surface area contributed by atoms with E-state index in [1.807, 2.05) is 0 Å². The van der Waals surface area contributed by atoms with Crippen molar-refractivity contribution in [1.29, 1.82) is 0 Å². The van der Waals surface area contributed by atoms with E-state index in [1.54, 1.807) is 7.05 Å². The monoisotopic (exact) mass is 254 g/mol. The molecule has 100 valence electrons. The van der Waals surface area contributed by atoms with Gasteiger partial charge in [0.25, 0.3) is 5.56 Å². The third-order valence-corrected chi connectivity index (χ3v) is 2.69. The number of carbonyl (C=O) groups is 1. The number of nitrogens with two attached hydrogens (primary N) is 1. The number of hydrogen-bond donors (Lipinski definition) is 2. The van der Waals surface area contributed by atoms with Gasteiger partial charge in [0, 0.05) is 32.3 Å². The van der Waals surface area contributed by atoms with Crippen LogP contribution < -0.4 is 22.5 Å². The molecule has 0 radical (unpaired) electrons. The van der Waals surface area contributed by atoms with Crippen LogP contribution in [0.1, 0.15) is 25.7 Å². The van der Waals surface area contributed by atoms with Crippen LogP contribution in [-0.2, 0) is 18.4 Å². The van der Waals surface area contributed by atoms with Crippen LogP contribution in [0.4, 0.5) is 0 Å². The zero-order valence-electron chi connectivity index (χ0n) is 10.4. The van der Waals surface area contributed by atoms with Gasteiger partial charge in [-0.1, -0.05) is 6.42 Å². The molecule has 1 rings (SSSR count). The number of carbonyl (C=O) groups excluding carboxylic acids is 1. The van der Waals surface area contributed by atoms with Crippen molar-refractivity contribution in [3.63, 3.8) is 0 Å². The first-order valence-electron chi connectivity index (χ1n) is 5.82. The number of amides is 1. The van der Waals surface area contributed by atoms with Gasteiger partial charge in [-0.25, -0.2) is 10.6 Å². The number of aromatic nitrogens is 2. The second kappa shape index (κ2) is 6.75. The fraction of sp³-hybridized carbons (Fsp3) is 0.545. The van der Waals surface area contributed by atoms with E-state index in [9.17, 15) is 14.4 Å². The predicted octanol–water partition coefficient (Wildman–Crippen LogP) is -0.903. The number of aryl methyl sites for hydroxylation is 1.